The van der Waals surface area contributed by atoms with E-state index in [9.17, 15) is 13.2 Å². The Hall–Kier alpha value is -2.63. The fraction of sp³-hybridized carbons (Fsp3) is 0.200. The molecule has 1 unspecified atom stereocenters. The standard InChI is InChI=1S/C25H19Cl2F3N2/c26-19-12-18(13-20(27)14-19)24(25(28,29)30)9-10-32(15-24)21-7-5-16(6-8-21)23-11-17-3-1-2-4-22(17)31-23/h1-8,11-14,31H,9-10,15H2. The van der Waals surface area contributed by atoms with Crippen LogP contribution >= 0.6 is 23.2 Å². The fourth-order valence-corrected chi connectivity index (χ4v) is 5.10. The summed E-state index contributed by atoms with van der Waals surface area (Å²) in [6.07, 6.45) is -4.49. The molecule has 0 bridgehead atoms. The van der Waals surface area contributed by atoms with E-state index in [1.807, 2.05) is 48.5 Å². The molecule has 1 aliphatic rings. The van der Waals surface area contributed by atoms with Crippen molar-refractivity contribution in [1.82, 2.24) is 4.98 Å². The van der Waals surface area contributed by atoms with Gasteiger partial charge in [-0.1, -0.05) is 53.5 Å². The number of anilines is 1. The Bertz CT molecular complexity index is 1230. The lowest BCUT2D eigenvalue weighted by atomic mass is 9.79. The van der Waals surface area contributed by atoms with E-state index < -0.39 is 11.6 Å². The summed E-state index contributed by atoms with van der Waals surface area (Å²) in [6.45, 7) is 0.105. The molecule has 0 aliphatic carbocycles. The van der Waals surface area contributed by atoms with Crippen LogP contribution in [-0.2, 0) is 5.41 Å². The lowest BCUT2D eigenvalue weighted by Gasteiger charge is -2.33. The Morgan fingerprint density at radius 2 is 1.56 bits per heavy atom. The molecule has 32 heavy (non-hydrogen) atoms. The topological polar surface area (TPSA) is 19.0 Å². The maximum atomic E-state index is 14.3. The summed E-state index contributed by atoms with van der Waals surface area (Å²) >= 11 is 12.1. The van der Waals surface area contributed by atoms with Gasteiger partial charge in [0, 0.05) is 45.4 Å². The van der Waals surface area contributed by atoms with Gasteiger partial charge in [0.05, 0.1) is 0 Å². The van der Waals surface area contributed by atoms with E-state index in [0.29, 0.717) is 0 Å². The predicted molar refractivity (Wildman–Crippen MR) is 125 cm³/mol. The molecule has 4 aromatic rings. The summed E-state index contributed by atoms with van der Waals surface area (Å²) in [6, 6.07) is 21.9. The van der Waals surface area contributed by atoms with Gasteiger partial charge >= 0.3 is 6.18 Å². The summed E-state index contributed by atoms with van der Waals surface area (Å²) in [5.74, 6) is 0. The van der Waals surface area contributed by atoms with Crippen LogP contribution in [0.25, 0.3) is 22.2 Å². The number of para-hydroxylation sites is 1. The van der Waals surface area contributed by atoms with Crippen molar-refractivity contribution in [3.63, 3.8) is 0 Å². The monoisotopic (exact) mass is 474 g/mol. The fourth-order valence-electron chi connectivity index (χ4n) is 4.57. The van der Waals surface area contributed by atoms with E-state index in [1.54, 1.807) is 4.90 Å². The molecule has 0 amide bonds. The van der Waals surface area contributed by atoms with Crippen LogP contribution < -0.4 is 4.90 Å². The molecule has 0 saturated carbocycles. The number of benzene rings is 3. The van der Waals surface area contributed by atoms with E-state index in [-0.39, 0.29) is 35.1 Å². The number of rotatable bonds is 3. The van der Waals surface area contributed by atoms with Gasteiger partial charge in [-0.3, -0.25) is 0 Å². The first-order valence-corrected chi connectivity index (χ1v) is 11.0. The average Bonchev–Trinajstić information content (AvgIpc) is 3.38. The molecule has 1 saturated heterocycles. The van der Waals surface area contributed by atoms with Gasteiger partial charge < -0.3 is 9.88 Å². The van der Waals surface area contributed by atoms with Crippen molar-refractivity contribution in [3.05, 3.63) is 88.4 Å². The number of hydrogen-bond acceptors (Lipinski definition) is 1. The van der Waals surface area contributed by atoms with Crippen molar-refractivity contribution in [3.8, 4) is 11.3 Å². The van der Waals surface area contributed by atoms with Crippen LogP contribution in [0.2, 0.25) is 10.0 Å². The van der Waals surface area contributed by atoms with E-state index in [1.165, 1.54) is 18.2 Å². The molecule has 164 valence electrons. The highest BCUT2D eigenvalue weighted by molar-refractivity contribution is 6.34. The molecule has 1 aromatic heterocycles. The number of alkyl halides is 3. The second-order valence-electron chi connectivity index (χ2n) is 8.23. The van der Waals surface area contributed by atoms with Crippen LogP contribution in [0.5, 0.6) is 0 Å². The highest BCUT2D eigenvalue weighted by Crippen LogP contribution is 2.49. The van der Waals surface area contributed by atoms with Gasteiger partial charge in [-0.05, 0) is 60.0 Å². The van der Waals surface area contributed by atoms with Crippen LogP contribution in [0.15, 0.2) is 72.8 Å². The first kappa shape index (κ1) is 21.2. The zero-order chi connectivity index (χ0) is 22.5. The first-order chi connectivity index (χ1) is 15.2. The van der Waals surface area contributed by atoms with Gasteiger partial charge in [0.1, 0.15) is 5.41 Å². The van der Waals surface area contributed by atoms with Crippen LogP contribution in [0.1, 0.15) is 12.0 Å². The Kier molecular flexibility index (Phi) is 5.14. The number of nitrogens with one attached hydrogen (secondary N) is 1. The average molecular weight is 475 g/mol. The Labute approximate surface area is 193 Å². The highest BCUT2D eigenvalue weighted by atomic mass is 35.5. The summed E-state index contributed by atoms with van der Waals surface area (Å²) in [5.41, 5.74) is 1.84. The maximum absolute atomic E-state index is 14.3. The molecule has 1 atom stereocenters. The van der Waals surface area contributed by atoms with Crippen molar-refractivity contribution < 1.29 is 13.2 Å². The normalized spacial score (nSPS) is 19.1. The Morgan fingerprint density at radius 1 is 0.875 bits per heavy atom. The predicted octanol–water partition coefficient (Wildman–Crippen LogP) is 7.85. The summed E-state index contributed by atoms with van der Waals surface area (Å²) in [4.78, 5) is 5.15. The molecule has 0 radical (unpaired) electrons. The van der Waals surface area contributed by atoms with Crippen LogP contribution in [0, 0.1) is 0 Å². The number of aromatic nitrogens is 1. The van der Waals surface area contributed by atoms with E-state index in [0.717, 1.165) is 27.8 Å². The maximum Gasteiger partial charge on any atom is 0.400 e. The van der Waals surface area contributed by atoms with Gasteiger partial charge in [-0.15, -0.1) is 0 Å². The summed E-state index contributed by atoms with van der Waals surface area (Å²) in [5, 5.41) is 1.52. The van der Waals surface area contributed by atoms with Gasteiger partial charge in [0.15, 0.2) is 0 Å². The Morgan fingerprint density at radius 3 is 2.22 bits per heavy atom. The molecule has 2 heterocycles. The van der Waals surface area contributed by atoms with Gasteiger partial charge in [-0.2, -0.15) is 13.2 Å². The zero-order valence-electron chi connectivity index (χ0n) is 16.9. The third-order valence-corrected chi connectivity index (χ3v) is 6.74. The minimum Gasteiger partial charge on any atom is -0.370 e. The number of halogens is 5. The largest absolute Gasteiger partial charge is 0.400 e. The number of hydrogen-bond donors (Lipinski definition) is 1. The SMILES string of the molecule is FC(F)(F)C1(c2cc(Cl)cc(Cl)c2)CCN(c2ccc(-c3cc4ccccc4[nH]3)cc2)C1. The van der Waals surface area contributed by atoms with Gasteiger partial charge in [0.2, 0.25) is 0 Å². The molecule has 3 aromatic carbocycles. The number of fused-ring (bicyclic) bond motifs is 1. The van der Waals surface area contributed by atoms with Gasteiger partial charge in [-0.25, -0.2) is 0 Å². The molecule has 1 aliphatic heterocycles. The van der Waals surface area contributed by atoms with Gasteiger partial charge in [0.25, 0.3) is 0 Å². The molecule has 7 heteroatoms. The minimum atomic E-state index is -4.43. The highest BCUT2D eigenvalue weighted by Gasteiger charge is 2.59. The molecule has 1 N–H and O–H groups in total. The quantitative estimate of drug-likeness (QED) is 0.320. The van der Waals surface area contributed by atoms with Crippen molar-refractivity contribution in [2.24, 2.45) is 0 Å². The zero-order valence-corrected chi connectivity index (χ0v) is 18.4. The Balaban J connectivity index is 1.44. The van der Waals surface area contributed by atoms with E-state index in [4.69, 9.17) is 23.2 Å². The molecule has 0 spiro atoms. The second-order valence-corrected chi connectivity index (χ2v) is 9.10. The van der Waals surface area contributed by atoms with Crippen molar-refractivity contribution in [1.29, 1.82) is 0 Å². The van der Waals surface area contributed by atoms with Crippen LogP contribution in [0.3, 0.4) is 0 Å². The second kappa shape index (κ2) is 7.75. The van der Waals surface area contributed by atoms with Crippen molar-refractivity contribution in [2.45, 2.75) is 18.0 Å². The van der Waals surface area contributed by atoms with Crippen molar-refractivity contribution in [2.75, 3.05) is 18.0 Å². The molecule has 1 fully saturated rings. The smallest absolute Gasteiger partial charge is 0.370 e. The molecule has 5 rings (SSSR count). The van der Waals surface area contributed by atoms with E-state index in [2.05, 4.69) is 11.1 Å². The minimum absolute atomic E-state index is 0.0586. The lowest BCUT2D eigenvalue weighted by Crippen LogP contribution is -2.44. The molecular weight excluding hydrogens is 456 g/mol. The number of aromatic amines is 1. The third kappa shape index (κ3) is 3.63. The number of nitrogens with zero attached hydrogens (tertiary/aromatic N) is 1. The van der Waals surface area contributed by atoms with Crippen LogP contribution in [0.4, 0.5) is 18.9 Å². The summed E-state index contributed by atoms with van der Waals surface area (Å²) < 4.78 is 43.0. The van der Waals surface area contributed by atoms with E-state index >= 15 is 0 Å². The lowest BCUT2D eigenvalue weighted by molar-refractivity contribution is -0.184. The van der Waals surface area contributed by atoms with Crippen molar-refractivity contribution >= 4 is 39.8 Å². The van der Waals surface area contributed by atoms with Crippen LogP contribution in [-0.4, -0.2) is 24.2 Å². The third-order valence-electron chi connectivity index (χ3n) is 6.30. The first-order valence-electron chi connectivity index (χ1n) is 10.2. The number of H-pyrrole nitrogens is 1. The summed E-state index contributed by atoms with van der Waals surface area (Å²) in [7, 11) is 0. The molecule has 2 nitrogen and oxygen atoms in total. The molecular formula is C25H19Cl2F3N2.